The van der Waals surface area contributed by atoms with Gasteiger partial charge >= 0.3 is 0 Å². The van der Waals surface area contributed by atoms with Gasteiger partial charge in [-0.2, -0.15) is 0 Å². The van der Waals surface area contributed by atoms with Crippen LogP contribution in [0.3, 0.4) is 0 Å². The molecule has 0 aliphatic carbocycles. The average molecular weight is 210 g/mol. The van der Waals surface area contributed by atoms with Crippen molar-refractivity contribution in [3.05, 3.63) is 60.4 Å². The molecule has 2 heteroatoms. The van der Waals surface area contributed by atoms with Crippen LogP contribution in [0.5, 0.6) is 0 Å². The Kier molecular flexibility index (Phi) is 2.26. The first-order valence-corrected chi connectivity index (χ1v) is 5.57. The van der Waals surface area contributed by atoms with Crippen LogP contribution in [-0.2, 0) is 6.42 Å². The summed E-state index contributed by atoms with van der Waals surface area (Å²) in [6.07, 6.45) is 5.23. The minimum Gasteiger partial charge on any atom is -0.370 e. The average Bonchev–Trinajstić information content (AvgIpc) is 2.82. The maximum Gasteiger partial charge on any atom is 0.0997 e. The summed E-state index contributed by atoms with van der Waals surface area (Å²) in [4.78, 5) is 0. The zero-order valence-electron chi connectivity index (χ0n) is 8.98. The summed E-state index contributed by atoms with van der Waals surface area (Å²) in [5, 5.41) is 9.14. The Bertz CT molecular complexity index is 523. The van der Waals surface area contributed by atoms with Gasteiger partial charge in [0.15, 0.2) is 0 Å². The van der Waals surface area contributed by atoms with Gasteiger partial charge in [-0.1, -0.05) is 42.5 Å². The summed E-state index contributed by atoms with van der Waals surface area (Å²) in [7, 11) is 0. The first-order valence-electron chi connectivity index (χ1n) is 5.57. The molecule has 0 radical (unpaired) electrons. The number of hydrogen-bond acceptors (Lipinski definition) is 2. The predicted octanol–water partition coefficient (Wildman–Crippen LogP) is 2.37. The van der Waals surface area contributed by atoms with Crippen molar-refractivity contribution >= 4 is 10.8 Å². The molecule has 0 atom stereocenters. The molecule has 0 aromatic heterocycles. The van der Waals surface area contributed by atoms with Gasteiger partial charge < -0.3 is 10.6 Å². The van der Waals surface area contributed by atoms with E-state index in [-0.39, 0.29) is 0 Å². The first-order chi connectivity index (χ1) is 7.92. The topological polar surface area (TPSA) is 24.1 Å². The Labute approximate surface area is 95.0 Å². The standard InChI is InChI=1S/C14H14N2/c1-2-4-13-9-11(5-6-12(13)3-1)10-14-15-7-8-16-14/h1-9,14-16H,10H2. The fourth-order valence-corrected chi connectivity index (χ4v) is 2.10. The third-order valence-corrected chi connectivity index (χ3v) is 2.93. The van der Waals surface area contributed by atoms with E-state index in [1.54, 1.807) is 0 Å². The second-order valence-electron chi connectivity index (χ2n) is 4.10. The summed E-state index contributed by atoms with van der Waals surface area (Å²) < 4.78 is 0. The van der Waals surface area contributed by atoms with Crippen molar-refractivity contribution in [3.63, 3.8) is 0 Å². The fraction of sp³-hybridized carbons (Fsp3) is 0.143. The Morgan fingerprint density at radius 2 is 1.62 bits per heavy atom. The van der Waals surface area contributed by atoms with Gasteiger partial charge in [-0.3, -0.25) is 0 Å². The van der Waals surface area contributed by atoms with Crippen molar-refractivity contribution < 1.29 is 0 Å². The quantitative estimate of drug-likeness (QED) is 0.795. The molecule has 80 valence electrons. The van der Waals surface area contributed by atoms with Gasteiger partial charge in [0.05, 0.1) is 6.17 Å². The summed E-state index contributed by atoms with van der Waals surface area (Å²) >= 11 is 0. The molecular formula is C14H14N2. The van der Waals surface area contributed by atoms with Crippen LogP contribution in [0.1, 0.15) is 5.56 Å². The van der Waals surface area contributed by atoms with E-state index in [9.17, 15) is 0 Å². The molecule has 1 aliphatic heterocycles. The largest absolute Gasteiger partial charge is 0.370 e. The molecule has 1 heterocycles. The van der Waals surface area contributed by atoms with Gasteiger partial charge in [-0.15, -0.1) is 0 Å². The Morgan fingerprint density at radius 1 is 0.875 bits per heavy atom. The van der Waals surface area contributed by atoms with Crippen molar-refractivity contribution in [2.24, 2.45) is 0 Å². The molecule has 2 aromatic carbocycles. The van der Waals surface area contributed by atoms with Gasteiger partial charge in [0.2, 0.25) is 0 Å². The Hall–Kier alpha value is -1.96. The summed E-state index contributed by atoms with van der Waals surface area (Å²) in [5.41, 5.74) is 1.35. The summed E-state index contributed by atoms with van der Waals surface area (Å²) in [6.45, 7) is 0. The van der Waals surface area contributed by atoms with E-state index < -0.39 is 0 Å². The van der Waals surface area contributed by atoms with E-state index in [2.05, 4.69) is 53.1 Å². The highest BCUT2D eigenvalue weighted by Gasteiger charge is 2.08. The third kappa shape index (κ3) is 1.74. The molecule has 0 unspecified atom stereocenters. The third-order valence-electron chi connectivity index (χ3n) is 2.93. The maximum atomic E-state index is 3.26. The normalized spacial score (nSPS) is 15.0. The molecule has 0 spiro atoms. The number of benzene rings is 2. The van der Waals surface area contributed by atoms with Crippen LogP contribution < -0.4 is 10.6 Å². The molecule has 0 bridgehead atoms. The molecule has 0 saturated carbocycles. The van der Waals surface area contributed by atoms with Gasteiger partial charge in [-0.25, -0.2) is 0 Å². The van der Waals surface area contributed by atoms with E-state index in [4.69, 9.17) is 0 Å². The fourth-order valence-electron chi connectivity index (χ4n) is 2.10. The van der Waals surface area contributed by atoms with E-state index in [1.807, 2.05) is 12.4 Å². The number of nitrogens with one attached hydrogen (secondary N) is 2. The van der Waals surface area contributed by atoms with Crippen LogP contribution in [0.2, 0.25) is 0 Å². The van der Waals surface area contributed by atoms with Crippen molar-refractivity contribution in [2.75, 3.05) is 0 Å². The second kappa shape index (κ2) is 3.89. The molecule has 2 N–H and O–H groups in total. The molecule has 3 rings (SSSR count). The molecular weight excluding hydrogens is 196 g/mol. The highest BCUT2D eigenvalue weighted by molar-refractivity contribution is 5.82. The highest BCUT2D eigenvalue weighted by Crippen LogP contribution is 2.16. The molecule has 2 aromatic rings. The Morgan fingerprint density at radius 3 is 2.44 bits per heavy atom. The minimum atomic E-state index is 0.334. The lowest BCUT2D eigenvalue weighted by molar-refractivity contribution is 0.568. The summed E-state index contributed by atoms with van der Waals surface area (Å²) in [6, 6.07) is 15.1. The van der Waals surface area contributed by atoms with Crippen LogP contribution in [0, 0.1) is 0 Å². The van der Waals surface area contributed by atoms with Crippen LogP contribution in [0.25, 0.3) is 10.8 Å². The smallest absolute Gasteiger partial charge is 0.0997 e. The minimum absolute atomic E-state index is 0.334. The van der Waals surface area contributed by atoms with Crippen molar-refractivity contribution in [1.82, 2.24) is 10.6 Å². The van der Waals surface area contributed by atoms with Crippen LogP contribution in [0.4, 0.5) is 0 Å². The van der Waals surface area contributed by atoms with E-state index in [0.717, 1.165) is 6.42 Å². The van der Waals surface area contributed by atoms with Gasteiger partial charge in [0.1, 0.15) is 0 Å². The number of hydrogen-bond donors (Lipinski definition) is 2. The lowest BCUT2D eigenvalue weighted by atomic mass is 10.0. The first kappa shape index (κ1) is 9.28. The van der Waals surface area contributed by atoms with Gasteiger partial charge in [-0.05, 0) is 16.3 Å². The SMILES string of the molecule is C1=CNC(Cc2ccc3ccccc3c2)N1. The molecule has 0 saturated heterocycles. The van der Waals surface area contributed by atoms with E-state index in [0.29, 0.717) is 6.17 Å². The Balaban J connectivity index is 1.87. The van der Waals surface area contributed by atoms with Crippen LogP contribution >= 0.6 is 0 Å². The molecule has 0 fully saturated rings. The molecule has 16 heavy (non-hydrogen) atoms. The van der Waals surface area contributed by atoms with Crippen molar-refractivity contribution in [1.29, 1.82) is 0 Å². The van der Waals surface area contributed by atoms with Crippen LogP contribution in [0.15, 0.2) is 54.9 Å². The molecule has 0 amide bonds. The van der Waals surface area contributed by atoms with Gasteiger partial charge in [0, 0.05) is 18.8 Å². The van der Waals surface area contributed by atoms with Crippen molar-refractivity contribution in [2.45, 2.75) is 12.6 Å². The molecule has 2 nitrogen and oxygen atoms in total. The molecule has 1 aliphatic rings. The van der Waals surface area contributed by atoms with E-state index in [1.165, 1.54) is 16.3 Å². The van der Waals surface area contributed by atoms with E-state index >= 15 is 0 Å². The number of fused-ring (bicyclic) bond motifs is 1. The van der Waals surface area contributed by atoms with Crippen molar-refractivity contribution in [3.8, 4) is 0 Å². The second-order valence-corrected chi connectivity index (χ2v) is 4.10. The summed E-state index contributed by atoms with van der Waals surface area (Å²) in [5.74, 6) is 0. The predicted molar refractivity (Wildman–Crippen MR) is 66.9 cm³/mol. The lowest BCUT2D eigenvalue weighted by Gasteiger charge is -2.12. The number of rotatable bonds is 2. The van der Waals surface area contributed by atoms with Crippen LogP contribution in [-0.4, -0.2) is 6.17 Å². The van der Waals surface area contributed by atoms with Gasteiger partial charge in [0.25, 0.3) is 0 Å². The zero-order chi connectivity index (χ0) is 10.8. The zero-order valence-corrected chi connectivity index (χ0v) is 8.98. The maximum absolute atomic E-state index is 3.26. The lowest BCUT2D eigenvalue weighted by Crippen LogP contribution is -2.32. The highest BCUT2D eigenvalue weighted by atomic mass is 15.1. The monoisotopic (exact) mass is 210 g/mol.